The molecule has 1 aliphatic rings. The Kier molecular flexibility index (Phi) is 0.502. The van der Waals surface area contributed by atoms with Crippen LogP contribution < -0.4 is 5.73 Å². The lowest BCUT2D eigenvalue weighted by atomic mass is 10.0. The number of rotatable bonds is 1. The number of ether oxygens (including phenoxy) is 1. The normalized spacial score (nSPS) is 40.4. The van der Waals surface area contributed by atoms with Crippen molar-refractivity contribution in [2.24, 2.45) is 0 Å². The number of hydrogen-bond acceptors (Lipinski definition) is 3. The van der Waals surface area contributed by atoms with Crippen LogP contribution in [0, 0.1) is 0 Å². The van der Waals surface area contributed by atoms with Crippen LogP contribution in [0.1, 0.15) is 22.6 Å². The van der Waals surface area contributed by atoms with Crippen molar-refractivity contribution < 1.29 is 15.7 Å². The number of nitrogens with two attached hydrogens (primary N) is 1. The van der Waals surface area contributed by atoms with Gasteiger partial charge in [0.2, 0.25) is 0 Å². The lowest BCUT2D eigenvalue weighted by Crippen LogP contribution is -2.25. The molecule has 3 heteroatoms. The van der Waals surface area contributed by atoms with Crippen LogP contribution in [0.4, 0.5) is 5.69 Å². The first-order chi connectivity index (χ1) is 8.46. The minimum Gasteiger partial charge on any atom is -0.397 e. The van der Waals surface area contributed by atoms with E-state index in [2.05, 4.69) is 9.72 Å². The SMILES string of the molecule is [2H]c1nc(C2([2H])C([2H])([2H])OC2([2H])[2H])c([2H])c([2H])c1N. The van der Waals surface area contributed by atoms with Crippen molar-refractivity contribution in [3.63, 3.8) is 0 Å². The van der Waals surface area contributed by atoms with Gasteiger partial charge < -0.3 is 10.5 Å². The number of nitrogen functional groups attached to an aromatic ring is 1. The zero-order valence-electron chi connectivity index (χ0n) is 13.4. The van der Waals surface area contributed by atoms with Gasteiger partial charge in [-0.05, 0) is 12.1 Å². The standard InChI is InChI=1S/C8H10N2O/c9-7-1-2-8(10-3-7)6-4-11-5-6/h1-3,6H,4-5,9H2/i1D,2D,3D,4D2,5D2,6D. The Labute approximate surface area is 76.4 Å². The number of pyridine rings is 1. The van der Waals surface area contributed by atoms with Crippen LogP contribution >= 0.6 is 0 Å². The van der Waals surface area contributed by atoms with Crippen molar-refractivity contribution >= 4 is 5.69 Å². The molecule has 2 N–H and O–H groups in total. The molecule has 1 aromatic heterocycles. The van der Waals surface area contributed by atoms with Crippen LogP contribution in [0.2, 0.25) is 0 Å². The third kappa shape index (κ3) is 1.19. The molecule has 2 heterocycles. The van der Waals surface area contributed by atoms with Gasteiger partial charge in [-0.3, -0.25) is 4.98 Å². The Hall–Kier alpha value is -1.09. The van der Waals surface area contributed by atoms with Gasteiger partial charge in [-0.25, -0.2) is 0 Å². The zero-order chi connectivity index (χ0) is 14.8. The number of aromatic nitrogens is 1. The lowest BCUT2D eigenvalue weighted by Gasteiger charge is -2.25. The predicted molar refractivity (Wildman–Crippen MR) is 42.2 cm³/mol. The van der Waals surface area contributed by atoms with Crippen molar-refractivity contribution in [2.45, 2.75) is 5.89 Å². The minimum absolute atomic E-state index is 0.376. The maximum Gasteiger partial charge on any atom is 0.0862 e. The number of anilines is 1. The maximum absolute atomic E-state index is 7.95. The van der Waals surface area contributed by atoms with Gasteiger partial charge in [0.05, 0.1) is 34.6 Å². The van der Waals surface area contributed by atoms with Gasteiger partial charge in [-0.1, -0.05) is 0 Å². The molecule has 0 amide bonds. The molecule has 1 fully saturated rings. The predicted octanol–water partition coefficient (Wildman–Crippen LogP) is 0.778. The van der Waals surface area contributed by atoms with E-state index in [0.717, 1.165) is 0 Å². The van der Waals surface area contributed by atoms with Crippen LogP contribution in [0.3, 0.4) is 0 Å². The van der Waals surface area contributed by atoms with E-state index < -0.39 is 43.0 Å². The van der Waals surface area contributed by atoms with Crippen LogP contribution in [0.15, 0.2) is 18.3 Å². The first kappa shape index (κ1) is 2.20. The molecule has 0 radical (unpaired) electrons. The Morgan fingerprint density at radius 3 is 3.36 bits per heavy atom. The summed E-state index contributed by atoms with van der Waals surface area (Å²) >= 11 is 0. The molecule has 0 aromatic carbocycles. The van der Waals surface area contributed by atoms with Crippen molar-refractivity contribution in [3.8, 4) is 0 Å². The van der Waals surface area contributed by atoms with Crippen molar-refractivity contribution in [1.29, 1.82) is 0 Å². The Morgan fingerprint density at radius 2 is 2.64 bits per heavy atom. The monoisotopic (exact) mass is 158 g/mol. The molecule has 11 heavy (non-hydrogen) atoms. The molecular weight excluding hydrogens is 140 g/mol. The van der Waals surface area contributed by atoms with Gasteiger partial charge >= 0.3 is 0 Å². The highest BCUT2D eigenvalue weighted by Gasteiger charge is 2.21. The molecule has 0 spiro atoms. The largest absolute Gasteiger partial charge is 0.397 e. The molecule has 3 nitrogen and oxygen atoms in total. The highest BCUT2D eigenvalue weighted by molar-refractivity contribution is 5.35. The quantitative estimate of drug-likeness (QED) is 0.657. The van der Waals surface area contributed by atoms with E-state index in [0.29, 0.717) is 0 Å². The summed E-state index contributed by atoms with van der Waals surface area (Å²) in [6.45, 7) is -5.43. The molecule has 0 atom stereocenters. The second kappa shape index (κ2) is 2.51. The lowest BCUT2D eigenvalue weighted by molar-refractivity contribution is 0.00672. The summed E-state index contributed by atoms with van der Waals surface area (Å²) in [4.78, 5) is 3.50. The van der Waals surface area contributed by atoms with Gasteiger partial charge in [0.25, 0.3) is 0 Å². The molecule has 0 bridgehead atoms. The summed E-state index contributed by atoms with van der Waals surface area (Å²) in [5, 5.41) is 0. The average Bonchev–Trinajstić information content (AvgIpc) is 2.28. The smallest absolute Gasteiger partial charge is 0.0862 e. The fraction of sp³-hybridized carbons (Fsp3) is 0.375. The molecule has 58 valence electrons. The summed E-state index contributed by atoms with van der Waals surface area (Å²) in [7, 11) is 0. The Balaban J connectivity index is 2.72. The third-order valence-electron chi connectivity index (χ3n) is 1.15. The number of nitrogens with zero attached hydrogens (tertiary/aromatic N) is 1. The fourth-order valence-corrected chi connectivity index (χ4v) is 0.616. The highest BCUT2D eigenvalue weighted by atomic mass is 16.5. The molecular formula is C8H10N2O. The van der Waals surface area contributed by atoms with E-state index in [1.807, 2.05) is 0 Å². The van der Waals surface area contributed by atoms with Gasteiger partial charge in [0.15, 0.2) is 0 Å². The third-order valence-corrected chi connectivity index (χ3v) is 1.15. The maximum atomic E-state index is 7.95. The number of hydrogen-bond donors (Lipinski definition) is 1. The van der Waals surface area contributed by atoms with Gasteiger partial charge in [0.1, 0.15) is 0 Å². The molecule has 0 aliphatic carbocycles. The van der Waals surface area contributed by atoms with Crippen molar-refractivity contribution in [1.82, 2.24) is 4.98 Å². The van der Waals surface area contributed by atoms with E-state index in [-0.39, 0.29) is 5.69 Å². The Bertz CT molecular complexity index is 546. The topological polar surface area (TPSA) is 48.1 Å². The van der Waals surface area contributed by atoms with E-state index in [4.69, 9.17) is 16.7 Å². The first-order valence-electron chi connectivity index (χ1n) is 6.89. The second-order valence-electron chi connectivity index (χ2n) is 1.92. The minimum atomic E-state index is -2.71. The molecule has 1 aromatic rings. The summed E-state index contributed by atoms with van der Waals surface area (Å²) in [5.41, 5.74) is 4.31. The molecule has 1 aliphatic heterocycles. The Morgan fingerprint density at radius 1 is 1.82 bits per heavy atom. The second-order valence-corrected chi connectivity index (χ2v) is 1.92. The molecule has 0 saturated carbocycles. The van der Waals surface area contributed by atoms with E-state index >= 15 is 0 Å². The van der Waals surface area contributed by atoms with Gasteiger partial charge in [-0.15, -0.1) is 0 Å². The van der Waals surface area contributed by atoms with Crippen LogP contribution in [0.5, 0.6) is 0 Å². The summed E-state index contributed by atoms with van der Waals surface area (Å²) in [6.07, 6.45) is -0.596. The van der Waals surface area contributed by atoms with E-state index in [1.54, 1.807) is 0 Å². The average molecular weight is 158 g/mol. The molecule has 0 unspecified atom stereocenters. The van der Waals surface area contributed by atoms with Gasteiger partial charge in [-0.2, -0.15) is 0 Å². The van der Waals surface area contributed by atoms with Crippen LogP contribution in [-0.4, -0.2) is 18.1 Å². The summed E-state index contributed by atoms with van der Waals surface area (Å²) in [5.74, 6) is -2.63. The summed E-state index contributed by atoms with van der Waals surface area (Å²) < 4.78 is 64.7. The molecule has 2 rings (SSSR count). The molecule has 1 saturated heterocycles. The highest BCUT2D eigenvalue weighted by Crippen LogP contribution is 2.21. The van der Waals surface area contributed by atoms with Crippen LogP contribution in [-0.2, 0) is 4.74 Å². The van der Waals surface area contributed by atoms with Gasteiger partial charge in [0, 0.05) is 13.0 Å². The zero-order valence-corrected chi connectivity index (χ0v) is 5.43. The fourth-order valence-electron chi connectivity index (χ4n) is 0.616. The van der Waals surface area contributed by atoms with Crippen molar-refractivity contribution in [3.05, 3.63) is 24.0 Å². The van der Waals surface area contributed by atoms with Crippen molar-refractivity contribution in [2.75, 3.05) is 18.9 Å². The van der Waals surface area contributed by atoms with E-state index in [1.165, 1.54) is 0 Å². The first-order valence-corrected chi connectivity index (χ1v) is 2.89. The van der Waals surface area contributed by atoms with E-state index in [9.17, 15) is 0 Å². The summed E-state index contributed by atoms with van der Waals surface area (Å²) in [6, 6.07) is -1.26. The van der Waals surface area contributed by atoms with Crippen LogP contribution in [0.25, 0.3) is 0 Å².